The van der Waals surface area contributed by atoms with E-state index in [2.05, 4.69) is 27.0 Å². The number of guanidine groups is 1. The first-order valence-corrected chi connectivity index (χ1v) is 5.09. The first-order chi connectivity index (χ1) is 5.68. The first-order valence-electron chi connectivity index (χ1n) is 3.48. The second-order valence-electron chi connectivity index (χ2n) is 2.26. The molecule has 0 saturated carbocycles. The van der Waals surface area contributed by atoms with Gasteiger partial charge in [-0.05, 0) is 28.1 Å². The number of nitrogens with two attached hydrogens (primary N) is 2. The molecule has 1 aromatic rings. The molecule has 0 radical (unpaired) electrons. The van der Waals surface area contributed by atoms with E-state index in [1.54, 1.807) is 11.3 Å². The summed E-state index contributed by atoms with van der Waals surface area (Å²) in [5.41, 5.74) is 10.4. The van der Waals surface area contributed by atoms with Gasteiger partial charge in [-0.15, -0.1) is 11.3 Å². The summed E-state index contributed by atoms with van der Waals surface area (Å²) < 4.78 is 1.14. The fourth-order valence-electron chi connectivity index (χ4n) is 0.781. The number of rotatable bonds is 3. The normalized spacial score (nSPS) is 9.75. The average molecular weight is 248 g/mol. The Morgan fingerprint density at radius 2 is 2.25 bits per heavy atom. The van der Waals surface area contributed by atoms with Crippen molar-refractivity contribution in [3.05, 3.63) is 20.8 Å². The predicted molar refractivity (Wildman–Crippen MR) is 56.4 cm³/mol. The monoisotopic (exact) mass is 247 g/mol. The Morgan fingerprint density at radius 1 is 1.50 bits per heavy atom. The standard InChI is InChI=1S/C7H10BrN3S/c8-6-2-1-5(12-6)3-4-11-7(9)10/h1-2H,3-4H2,(H4,9,10,11). The Kier molecular flexibility index (Phi) is 3.55. The van der Waals surface area contributed by atoms with Gasteiger partial charge in [-0.25, -0.2) is 0 Å². The zero-order chi connectivity index (χ0) is 8.97. The van der Waals surface area contributed by atoms with Gasteiger partial charge in [-0.3, -0.25) is 4.99 Å². The predicted octanol–water partition coefficient (Wildman–Crippen LogP) is 1.33. The zero-order valence-electron chi connectivity index (χ0n) is 6.46. The van der Waals surface area contributed by atoms with E-state index >= 15 is 0 Å². The number of aliphatic imine (C=N–C) groups is 1. The molecule has 66 valence electrons. The number of nitrogens with zero attached hydrogens (tertiary/aromatic N) is 1. The average Bonchev–Trinajstić information content (AvgIpc) is 2.35. The van der Waals surface area contributed by atoms with E-state index in [0.29, 0.717) is 6.54 Å². The molecule has 0 aliphatic heterocycles. The largest absolute Gasteiger partial charge is 0.370 e. The van der Waals surface area contributed by atoms with Crippen LogP contribution in [0.4, 0.5) is 0 Å². The van der Waals surface area contributed by atoms with Crippen molar-refractivity contribution in [2.24, 2.45) is 16.5 Å². The van der Waals surface area contributed by atoms with Gasteiger partial charge in [0, 0.05) is 17.8 Å². The molecule has 0 bridgehead atoms. The van der Waals surface area contributed by atoms with E-state index in [-0.39, 0.29) is 5.96 Å². The van der Waals surface area contributed by atoms with Crippen molar-refractivity contribution >= 4 is 33.2 Å². The summed E-state index contributed by atoms with van der Waals surface area (Å²) >= 11 is 5.09. The third-order valence-corrected chi connectivity index (χ3v) is 2.96. The van der Waals surface area contributed by atoms with Crippen molar-refractivity contribution in [1.82, 2.24) is 0 Å². The Hall–Kier alpha value is -0.550. The van der Waals surface area contributed by atoms with Crippen molar-refractivity contribution in [1.29, 1.82) is 0 Å². The van der Waals surface area contributed by atoms with Crippen LogP contribution in [0.5, 0.6) is 0 Å². The van der Waals surface area contributed by atoms with E-state index in [0.717, 1.165) is 10.2 Å². The topological polar surface area (TPSA) is 64.4 Å². The van der Waals surface area contributed by atoms with Gasteiger partial charge in [0.25, 0.3) is 0 Å². The lowest BCUT2D eigenvalue weighted by atomic mass is 10.3. The lowest BCUT2D eigenvalue weighted by molar-refractivity contribution is 0.981. The minimum Gasteiger partial charge on any atom is -0.370 e. The van der Waals surface area contributed by atoms with Crippen LogP contribution in [0.2, 0.25) is 0 Å². The molecule has 0 fully saturated rings. The molecule has 0 amide bonds. The van der Waals surface area contributed by atoms with Crippen LogP contribution >= 0.6 is 27.3 Å². The third kappa shape index (κ3) is 3.23. The summed E-state index contributed by atoms with van der Waals surface area (Å²) in [6.07, 6.45) is 0.897. The minimum absolute atomic E-state index is 0.158. The highest BCUT2D eigenvalue weighted by Crippen LogP contribution is 2.22. The fourth-order valence-corrected chi connectivity index (χ4v) is 2.25. The zero-order valence-corrected chi connectivity index (χ0v) is 8.86. The van der Waals surface area contributed by atoms with Crippen molar-refractivity contribution in [3.8, 4) is 0 Å². The number of thiophene rings is 1. The molecule has 0 unspecified atom stereocenters. The Balaban J connectivity index is 2.38. The molecule has 4 N–H and O–H groups in total. The smallest absolute Gasteiger partial charge is 0.185 e. The molecule has 12 heavy (non-hydrogen) atoms. The molecule has 0 aromatic carbocycles. The molecule has 1 rings (SSSR count). The van der Waals surface area contributed by atoms with Crippen LogP contribution in [0.1, 0.15) is 4.88 Å². The van der Waals surface area contributed by atoms with Gasteiger partial charge in [0.2, 0.25) is 0 Å². The summed E-state index contributed by atoms with van der Waals surface area (Å²) in [5, 5.41) is 0. The Morgan fingerprint density at radius 3 is 2.75 bits per heavy atom. The minimum atomic E-state index is 0.158. The summed E-state index contributed by atoms with van der Waals surface area (Å²) in [6.45, 7) is 0.662. The maximum Gasteiger partial charge on any atom is 0.185 e. The van der Waals surface area contributed by atoms with E-state index in [1.807, 2.05) is 6.07 Å². The number of hydrogen-bond donors (Lipinski definition) is 2. The quantitative estimate of drug-likeness (QED) is 0.626. The lowest BCUT2D eigenvalue weighted by Gasteiger charge is -1.92. The molecule has 0 atom stereocenters. The van der Waals surface area contributed by atoms with Gasteiger partial charge in [0.1, 0.15) is 0 Å². The second kappa shape index (κ2) is 4.47. The maximum absolute atomic E-state index is 5.18. The van der Waals surface area contributed by atoms with Crippen LogP contribution in [0.15, 0.2) is 20.9 Å². The van der Waals surface area contributed by atoms with Gasteiger partial charge < -0.3 is 11.5 Å². The van der Waals surface area contributed by atoms with E-state index in [1.165, 1.54) is 4.88 Å². The molecule has 5 heteroatoms. The SMILES string of the molecule is NC(N)=NCCc1ccc(Br)s1. The highest BCUT2D eigenvalue weighted by Gasteiger charge is 1.95. The Bertz CT molecular complexity index is 278. The van der Waals surface area contributed by atoms with Crippen LogP contribution in [-0.4, -0.2) is 12.5 Å². The summed E-state index contributed by atoms with van der Waals surface area (Å²) in [6, 6.07) is 4.09. The van der Waals surface area contributed by atoms with Crippen LogP contribution < -0.4 is 11.5 Å². The highest BCUT2D eigenvalue weighted by molar-refractivity contribution is 9.11. The molecular weight excluding hydrogens is 238 g/mol. The van der Waals surface area contributed by atoms with Crippen molar-refractivity contribution in [2.75, 3.05) is 6.54 Å². The molecule has 3 nitrogen and oxygen atoms in total. The van der Waals surface area contributed by atoms with Gasteiger partial charge in [-0.1, -0.05) is 0 Å². The van der Waals surface area contributed by atoms with Crippen LogP contribution in [0, 0.1) is 0 Å². The van der Waals surface area contributed by atoms with Crippen LogP contribution in [0.25, 0.3) is 0 Å². The molecule has 0 saturated heterocycles. The van der Waals surface area contributed by atoms with Crippen molar-refractivity contribution < 1.29 is 0 Å². The van der Waals surface area contributed by atoms with Crippen molar-refractivity contribution in [3.63, 3.8) is 0 Å². The van der Waals surface area contributed by atoms with Gasteiger partial charge >= 0.3 is 0 Å². The lowest BCUT2D eigenvalue weighted by Crippen LogP contribution is -2.23. The van der Waals surface area contributed by atoms with Crippen LogP contribution in [0.3, 0.4) is 0 Å². The molecular formula is C7H10BrN3S. The molecule has 0 aliphatic rings. The molecule has 0 spiro atoms. The van der Waals surface area contributed by atoms with Gasteiger partial charge in [0.05, 0.1) is 3.79 Å². The summed E-state index contributed by atoms with van der Waals surface area (Å²) in [5.74, 6) is 0.158. The number of halogens is 1. The third-order valence-electron chi connectivity index (χ3n) is 1.28. The Labute approximate surface area is 83.6 Å². The van der Waals surface area contributed by atoms with Crippen molar-refractivity contribution in [2.45, 2.75) is 6.42 Å². The molecule has 1 aromatic heterocycles. The second-order valence-corrected chi connectivity index (χ2v) is 4.81. The fraction of sp³-hybridized carbons (Fsp3) is 0.286. The van der Waals surface area contributed by atoms with E-state index in [9.17, 15) is 0 Å². The van der Waals surface area contributed by atoms with E-state index < -0.39 is 0 Å². The summed E-state index contributed by atoms with van der Waals surface area (Å²) in [7, 11) is 0. The van der Waals surface area contributed by atoms with Crippen LogP contribution in [-0.2, 0) is 6.42 Å². The molecule has 1 heterocycles. The maximum atomic E-state index is 5.18. The van der Waals surface area contributed by atoms with Gasteiger partial charge in [-0.2, -0.15) is 0 Å². The van der Waals surface area contributed by atoms with Gasteiger partial charge in [0.15, 0.2) is 5.96 Å². The number of hydrogen-bond acceptors (Lipinski definition) is 2. The van der Waals surface area contributed by atoms with E-state index in [4.69, 9.17) is 11.5 Å². The molecule has 0 aliphatic carbocycles. The summed E-state index contributed by atoms with van der Waals surface area (Å²) in [4.78, 5) is 5.18. The first kappa shape index (κ1) is 9.54. The highest BCUT2D eigenvalue weighted by atomic mass is 79.9.